The Morgan fingerprint density at radius 2 is 2.00 bits per heavy atom. The molecular weight excluding hydrogens is 242 g/mol. The fourth-order valence-electron chi connectivity index (χ4n) is 2.13. The number of nitrogens with zero attached hydrogens (tertiary/aromatic N) is 2. The molecule has 0 aliphatic carbocycles. The van der Waals surface area contributed by atoms with Gasteiger partial charge in [0.05, 0.1) is 0 Å². The van der Waals surface area contributed by atoms with Gasteiger partial charge in [-0.2, -0.15) is 0 Å². The molecule has 104 valence electrons. The number of amides is 1. The van der Waals surface area contributed by atoms with Crippen molar-refractivity contribution in [2.75, 3.05) is 39.0 Å². The molecule has 1 aliphatic heterocycles. The average molecular weight is 263 g/mol. The van der Waals surface area contributed by atoms with Gasteiger partial charge >= 0.3 is 0 Å². The highest BCUT2D eigenvalue weighted by Gasteiger charge is 2.24. The minimum atomic E-state index is -0.481. The Balaban J connectivity index is 1.92. The van der Waals surface area contributed by atoms with Crippen LogP contribution < -0.4 is 10.5 Å². The van der Waals surface area contributed by atoms with Gasteiger partial charge in [0.2, 0.25) is 0 Å². The van der Waals surface area contributed by atoms with E-state index in [-0.39, 0.29) is 5.91 Å². The lowest BCUT2D eigenvalue weighted by molar-refractivity contribution is -0.139. The van der Waals surface area contributed by atoms with E-state index in [0.29, 0.717) is 11.4 Å². The molecule has 0 unspecified atom stereocenters. The molecule has 1 aromatic rings. The number of rotatable bonds is 3. The van der Waals surface area contributed by atoms with E-state index < -0.39 is 6.10 Å². The van der Waals surface area contributed by atoms with Crippen LogP contribution in [0.3, 0.4) is 0 Å². The number of hydrogen-bond donors (Lipinski definition) is 1. The third-order valence-electron chi connectivity index (χ3n) is 3.33. The summed E-state index contributed by atoms with van der Waals surface area (Å²) in [6.07, 6.45) is -0.481. The fraction of sp³-hybridized carbons (Fsp3) is 0.500. The Kier molecular flexibility index (Phi) is 4.27. The molecule has 0 radical (unpaired) electrons. The molecule has 1 aliphatic rings. The van der Waals surface area contributed by atoms with Crippen LogP contribution >= 0.6 is 0 Å². The van der Waals surface area contributed by atoms with Crippen molar-refractivity contribution in [1.29, 1.82) is 0 Å². The van der Waals surface area contributed by atoms with Gasteiger partial charge in [0.25, 0.3) is 5.91 Å². The zero-order valence-corrected chi connectivity index (χ0v) is 11.5. The number of anilines is 1. The van der Waals surface area contributed by atoms with Crippen molar-refractivity contribution < 1.29 is 9.53 Å². The van der Waals surface area contributed by atoms with Crippen LogP contribution in [0.4, 0.5) is 5.69 Å². The zero-order chi connectivity index (χ0) is 13.8. The predicted molar refractivity (Wildman–Crippen MR) is 75.0 cm³/mol. The largest absolute Gasteiger partial charge is 0.481 e. The Labute approximate surface area is 113 Å². The van der Waals surface area contributed by atoms with E-state index in [2.05, 4.69) is 11.9 Å². The second-order valence-electron chi connectivity index (χ2n) is 4.96. The third-order valence-corrected chi connectivity index (χ3v) is 3.33. The molecule has 2 N–H and O–H groups in total. The minimum absolute atomic E-state index is 0.0375. The van der Waals surface area contributed by atoms with E-state index in [1.165, 1.54) is 0 Å². The summed E-state index contributed by atoms with van der Waals surface area (Å²) in [5, 5.41) is 0. The Morgan fingerprint density at radius 1 is 1.32 bits per heavy atom. The summed E-state index contributed by atoms with van der Waals surface area (Å²) in [5.41, 5.74) is 6.32. The lowest BCUT2D eigenvalue weighted by Gasteiger charge is -2.33. The number of hydrogen-bond acceptors (Lipinski definition) is 4. The van der Waals surface area contributed by atoms with Crippen molar-refractivity contribution in [3.63, 3.8) is 0 Å². The summed E-state index contributed by atoms with van der Waals surface area (Å²) in [7, 11) is 2.06. The van der Waals surface area contributed by atoms with Crippen molar-refractivity contribution in [3.8, 4) is 5.75 Å². The van der Waals surface area contributed by atoms with E-state index in [0.717, 1.165) is 26.2 Å². The molecule has 1 fully saturated rings. The number of carbonyl (C=O) groups excluding carboxylic acids is 1. The summed E-state index contributed by atoms with van der Waals surface area (Å²) in [6.45, 7) is 5.14. The molecule has 1 amide bonds. The second-order valence-corrected chi connectivity index (χ2v) is 4.96. The van der Waals surface area contributed by atoms with Gasteiger partial charge in [-0.05, 0) is 26.1 Å². The molecule has 2 rings (SSSR count). The maximum Gasteiger partial charge on any atom is 0.263 e. The molecule has 0 bridgehead atoms. The molecule has 1 aromatic carbocycles. The van der Waals surface area contributed by atoms with Crippen molar-refractivity contribution in [3.05, 3.63) is 24.3 Å². The highest BCUT2D eigenvalue weighted by molar-refractivity contribution is 5.81. The van der Waals surface area contributed by atoms with E-state index in [4.69, 9.17) is 10.5 Å². The van der Waals surface area contributed by atoms with Gasteiger partial charge in [-0.15, -0.1) is 0 Å². The highest BCUT2D eigenvalue weighted by Crippen LogP contribution is 2.17. The molecule has 19 heavy (non-hydrogen) atoms. The zero-order valence-electron chi connectivity index (χ0n) is 11.5. The molecule has 0 aromatic heterocycles. The van der Waals surface area contributed by atoms with Crippen LogP contribution in [0.25, 0.3) is 0 Å². The van der Waals surface area contributed by atoms with Crippen LogP contribution in [0, 0.1) is 0 Å². The number of benzene rings is 1. The van der Waals surface area contributed by atoms with Crippen LogP contribution in [0.1, 0.15) is 6.92 Å². The smallest absolute Gasteiger partial charge is 0.263 e. The van der Waals surface area contributed by atoms with Crippen LogP contribution in [-0.4, -0.2) is 55.0 Å². The van der Waals surface area contributed by atoms with Gasteiger partial charge in [-0.25, -0.2) is 0 Å². The summed E-state index contributed by atoms with van der Waals surface area (Å²) in [5.74, 6) is 0.672. The first-order chi connectivity index (χ1) is 9.06. The minimum Gasteiger partial charge on any atom is -0.481 e. The SMILES string of the molecule is C[C@H](Oc1cccc(N)c1)C(=O)N1CCN(C)CC1. The highest BCUT2D eigenvalue weighted by atomic mass is 16.5. The number of ether oxygens (including phenoxy) is 1. The van der Waals surface area contributed by atoms with Crippen molar-refractivity contribution in [2.45, 2.75) is 13.0 Å². The van der Waals surface area contributed by atoms with Crippen LogP contribution in [0.2, 0.25) is 0 Å². The first-order valence-corrected chi connectivity index (χ1v) is 6.56. The van der Waals surface area contributed by atoms with E-state index in [1.54, 1.807) is 19.1 Å². The summed E-state index contributed by atoms with van der Waals surface area (Å²) >= 11 is 0. The number of likely N-dealkylation sites (N-methyl/N-ethyl adjacent to an activating group) is 1. The van der Waals surface area contributed by atoms with Crippen LogP contribution in [0.5, 0.6) is 5.75 Å². The number of nitrogen functional groups attached to an aromatic ring is 1. The Bertz CT molecular complexity index is 442. The number of piperazine rings is 1. The first kappa shape index (κ1) is 13.7. The standard InChI is InChI=1S/C14H21N3O2/c1-11(19-13-5-3-4-12(15)10-13)14(18)17-8-6-16(2)7-9-17/h3-5,10-11H,6-9,15H2,1-2H3/t11-/m0/s1. The molecule has 0 saturated carbocycles. The molecule has 1 atom stereocenters. The monoisotopic (exact) mass is 263 g/mol. The molecule has 5 heteroatoms. The summed E-state index contributed by atoms with van der Waals surface area (Å²) < 4.78 is 5.65. The molecular formula is C14H21N3O2. The average Bonchev–Trinajstić information content (AvgIpc) is 2.39. The van der Waals surface area contributed by atoms with Crippen LogP contribution in [0.15, 0.2) is 24.3 Å². The fourth-order valence-corrected chi connectivity index (χ4v) is 2.13. The van der Waals surface area contributed by atoms with E-state index in [1.807, 2.05) is 17.0 Å². The van der Waals surface area contributed by atoms with Gasteiger partial charge in [0.15, 0.2) is 6.10 Å². The lowest BCUT2D eigenvalue weighted by atomic mass is 10.2. The van der Waals surface area contributed by atoms with E-state index in [9.17, 15) is 4.79 Å². The van der Waals surface area contributed by atoms with Crippen molar-refractivity contribution in [2.24, 2.45) is 0 Å². The van der Waals surface area contributed by atoms with Crippen molar-refractivity contribution in [1.82, 2.24) is 9.80 Å². The summed E-state index contributed by atoms with van der Waals surface area (Å²) in [4.78, 5) is 16.3. The quantitative estimate of drug-likeness (QED) is 0.820. The second kappa shape index (κ2) is 5.93. The normalized spacial score (nSPS) is 18.1. The summed E-state index contributed by atoms with van der Waals surface area (Å²) in [6, 6.07) is 7.15. The van der Waals surface area contributed by atoms with Gasteiger partial charge in [0.1, 0.15) is 5.75 Å². The molecule has 1 saturated heterocycles. The van der Waals surface area contributed by atoms with Gasteiger partial charge in [-0.3, -0.25) is 4.79 Å². The maximum atomic E-state index is 12.2. The molecule has 1 heterocycles. The maximum absolute atomic E-state index is 12.2. The topological polar surface area (TPSA) is 58.8 Å². The first-order valence-electron chi connectivity index (χ1n) is 6.56. The van der Waals surface area contributed by atoms with Crippen molar-refractivity contribution >= 4 is 11.6 Å². The molecule has 0 spiro atoms. The Hall–Kier alpha value is -1.75. The third kappa shape index (κ3) is 3.61. The van der Waals surface area contributed by atoms with Gasteiger partial charge in [-0.1, -0.05) is 6.07 Å². The van der Waals surface area contributed by atoms with Gasteiger partial charge < -0.3 is 20.3 Å². The predicted octanol–water partition coefficient (Wildman–Crippen LogP) is 0.810. The lowest BCUT2D eigenvalue weighted by Crippen LogP contribution is -2.50. The number of carbonyl (C=O) groups is 1. The van der Waals surface area contributed by atoms with Gasteiger partial charge in [0, 0.05) is 37.9 Å². The molecule has 5 nitrogen and oxygen atoms in total. The van der Waals surface area contributed by atoms with Crippen LogP contribution in [-0.2, 0) is 4.79 Å². The number of nitrogens with two attached hydrogens (primary N) is 1. The Morgan fingerprint density at radius 3 is 2.63 bits per heavy atom. The van der Waals surface area contributed by atoms with E-state index >= 15 is 0 Å².